The van der Waals surface area contributed by atoms with Crippen molar-refractivity contribution in [2.75, 3.05) is 7.11 Å². The molecule has 2 aromatic carbocycles. The van der Waals surface area contributed by atoms with Crippen molar-refractivity contribution in [2.24, 2.45) is 0 Å². The molecule has 1 unspecified atom stereocenters. The van der Waals surface area contributed by atoms with Gasteiger partial charge in [-0.25, -0.2) is 4.79 Å². The molecule has 2 aliphatic rings. The SMILES string of the molecule is COc1cc(C(=O)NC(C(=O)N[C@@H]2C(=O)N3[C@@H]2SC(C)(C)[C@@H]3C(=O)O)c2ccccc2)ccc1OC(C)=O. The number of aliphatic carboxylic acids is 1. The lowest BCUT2D eigenvalue weighted by Gasteiger charge is -2.44. The zero-order valence-corrected chi connectivity index (χ0v) is 21.9. The van der Waals surface area contributed by atoms with Crippen LogP contribution in [0.25, 0.3) is 0 Å². The van der Waals surface area contributed by atoms with Crippen molar-refractivity contribution in [1.82, 2.24) is 15.5 Å². The number of benzene rings is 2. The second-order valence-corrected chi connectivity index (χ2v) is 11.1. The van der Waals surface area contributed by atoms with Crippen molar-refractivity contribution in [3.8, 4) is 11.5 Å². The van der Waals surface area contributed by atoms with Crippen molar-refractivity contribution in [3.63, 3.8) is 0 Å². The molecular weight excluding hydrogens is 514 g/mol. The fourth-order valence-corrected chi connectivity index (χ4v) is 6.22. The molecule has 38 heavy (non-hydrogen) atoms. The molecule has 0 bridgehead atoms. The largest absolute Gasteiger partial charge is 0.493 e. The van der Waals surface area contributed by atoms with Gasteiger partial charge in [0, 0.05) is 17.2 Å². The monoisotopic (exact) mass is 541 g/mol. The van der Waals surface area contributed by atoms with E-state index in [0.717, 1.165) is 0 Å². The van der Waals surface area contributed by atoms with Crippen LogP contribution >= 0.6 is 11.8 Å². The Balaban J connectivity index is 1.54. The molecule has 12 heteroatoms. The number of carboxylic acid groups (broad SMARTS) is 1. The molecule has 4 atom stereocenters. The molecule has 2 aliphatic heterocycles. The summed E-state index contributed by atoms with van der Waals surface area (Å²) in [4.78, 5) is 63.8. The number of esters is 1. The van der Waals surface area contributed by atoms with Crippen LogP contribution in [0.4, 0.5) is 0 Å². The number of nitrogens with one attached hydrogen (secondary N) is 2. The van der Waals surface area contributed by atoms with Crippen LogP contribution in [0.3, 0.4) is 0 Å². The minimum Gasteiger partial charge on any atom is -0.493 e. The van der Waals surface area contributed by atoms with Gasteiger partial charge in [-0.15, -0.1) is 11.8 Å². The third-order valence-electron chi connectivity index (χ3n) is 6.32. The van der Waals surface area contributed by atoms with Crippen LogP contribution in [0.2, 0.25) is 0 Å². The molecule has 0 spiro atoms. The zero-order chi connectivity index (χ0) is 27.8. The highest BCUT2D eigenvalue weighted by atomic mass is 32.2. The van der Waals surface area contributed by atoms with Gasteiger partial charge in [-0.1, -0.05) is 30.3 Å². The van der Waals surface area contributed by atoms with Gasteiger partial charge in [0.15, 0.2) is 11.5 Å². The molecule has 0 saturated carbocycles. The predicted octanol–water partition coefficient (Wildman–Crippen LogP) is 1.72. The van der Waals surface area contributed by atoms with Gasteiger partial charge in [0.05, 0.1) is 7.11 Å². The Morgan fingerprint density at radius 1 is 1.08 bits per heavy atom. The van der Waals surface area contributed by atoms with Crippen LogP contribution in [-0.2, 0) is 19.2 Å². The van der Waals surface area contributed by atoms with E-state index in [1.165, 1.54) is 48.9 Å². The Morgan fingerprint density at radius 2 is 1.76 bits per heavy atom. The van der Waals surface area contributed by atoms with Crippen LogP contribution in [0.5, 0.6) is 11.5 Å². The average Bonchev–Trinajstić information content (AvgIpc) is 3.13. The molecule has 4 rings (SSSR count). The lowest BCUT2D eigenvalue weighted by atomic mass is 9.95. The van der Waals surface area contributed by atoms with Crippen molar-refractivity contribution >= 4 is 41.4 Å². The maximum Gasteiger partial charge on any atom is 0.327 e. The third-order valence-corrected chi connectivity index (χ3v) is 7.89. The number of hydrogen-bond acceptors (Lipinski definition) is 8. The summed E-state index contributed by atoms with van der Waals surface area (Å²) in [6.07, 6.45) is 0. The third kappa shape index (κ3) is 5.03. The topological polar surface area (TPSA) is 151 Å². The molecule has 11 nitrogen and oxygen atoms in total. The number of carbonyl (C=O) groups excluding carboxylic acids is 4. The number of carboxylic acids is 1. The first-order chi connectivity index (χ1) is 17.9. The molecule has 0 radical (unpaired) electrons. The first-order valence-electron chi connectivity index (χ1n) is 11.7. The molecule has 200 valence electrons. The normalized spacial score (nSPS) is 21.9. The molecule has 3 N–H and O–H groups in total. The number of thioether (sulfide) groups is 1. The van der Waals surface area contributed by atoms with E-state index in [-0.39, 0.29) is 17.1 Å². The van der Waals surface area contributed by atoms with Gasteiger partial charge in [0.25, 0.3) is 5.91 Å². The number of methoxy groups -OCH3 is 1. The van der Waals surface area contributed by atoms with Crippen molar-refractivity contribution in [1.29, 1.82) is 0 Å². The van der Waals surface area contributed by atoms with E-state index >= 15 is 0 Å². The van der Waals surface area contributed by atoms with E-state index in [1.807, 2.05) is 0 Å². The van der Waals surface area contributed by atoms with E-state index in [0.29, 0.717) is 5.56 Å². The van der Waals surface area contributed by atoms with Crippen LogP contribution in [0.1, 0.15) is 42.7 Å². The summed E-state index contributed by atoms with van der Waals surface area (Å²) in [6, 6.07) is 9.63. The number of nitrogens with zero attached hydrogens (tertiary/aromatic N) is 1. The van der Waals surface area contributed by atoms with Crippen molar-refractivity contribution in [3.05, 3.63) is 59.7 Å². The zero-order valence-electron chi connectivity index (χ0n) is 21.1. The summed E-state index contributed by atoms with van der Waals surface area (Å²) in [5.74, 6) is -3.08. The second-order valence-electron chi connectivity index (χ2n) is 9.36. The number of carbonyl (C=O) groups is 5. The highest BCUT2D eigenvalue weighted by Crippen LogP contribution is 2.50. The summed E-state index contributed by atoms with van der Waals surface area (Å²) in [5, 5.41) is 14.5. The van der Waals surface area contributed by atoms with Crippen LogP contribution in [0.15, 0.2) is 48.5 Å². The van der Waals surface area contributed by atoms with Gasteiger partial charge >= 0.3 is 11.9 Å². The minimum absolute atomic E-state index is 0.138. The van der Waals surface area contributed by atoms with Crippen LogP contribution in [0, 0.1) is 0 Å². The maximum atomic E-state index is 13.4. The summed E-state index contributed by atoms with van der Waals surface area (Å²) in [7, 11) is 1.36. The van der Waals surface area contributed by atoms with Crippen LogP contribution in [-0.4, -0.2) is 69.0 Å². The number of amides is 3. The maximum absolute atomic E-state index is 13.4. The fourth-order valence-electron chi connectivity index (χ4n) is 4.59. The summed E-state index contributed by atoms with van der Waals surface area (Å²) >= 11 is 1.31. The quantitative estimate of drug-likeness (QED) is 0.258. The number of rotatable bonds is 8. The molecule has 0 aromatic heterocycles. The number of ether oxygens (including phenoxy) is 2. The van der Waals surface area contributed by atoms with E-state index < -0.39 is 57.9 Å². The van der Waals surface area contributed by atoms with Crippen molar-refractivity contribution < 1.29 is 38.6 Å². The van der Waals surface area contributed by atoms with Gasteiger partial charge < -0.3 is 30.1 Å². The number of hydrogen-bond donors (Lipinski definition) is 3. The average molecular weight is 542 g/mol. The molecule has 2 saturated heterocycles. The lowest BCUT2D eigenvalue weighted by Crippen LogP contribution is -2.71. The van der Waals surface area contributed by atoms with Crippen molar-refractivity contribution in [2.45, 2.75) is 49.0 Å². The lowest BCUT2D eigenvalue weighted by molar-refractivity contribution is -0.161. The van der Waals surface area contributed by atoms with Gasteiger partial charge in [0.1, 0.15) is 23.5 Å². The molecule has 2 heterocycles. The van der Waals surface area contributed by atoms with E-state index in [4.69, 9.17) is 9.47 Å². The highest BCUT2D eigenvalue weighted by Gasteiger charge is 2.64. The Bertz CT molecular complexity index is 1300. The number of β-lactam (4-membered cyclic amide) rings is 1. The molecule has 0 aliphatic carbocycles. The summed E-state index contributed by atoms with van der Waals surface area (Å²) in [5.41, 5.74) is 0.628. The predicted molar refractivity (Wildman–Crippen MR) is 137 cm³/mol. The van der Waals surface area contributed by atoms with Gasteiger partial charge in [-0.2, -0.15) is 0 Å². The highest BCUT2D eigenvalue weighted by molar-refractivity contribution is 8.01. The molecule has 2 aromatic rings. The Hall–Kier alpha value is -4.06. The fraction of sp³-hybridized carbons (Fsp3) is 0.346. The Morgan fingerprint density at radius 3 is 2.37 bits per heavy atom. The Labute approximate surface area is 222 Å². The van der Waals surface area contributed by atoms with Crippen LogP contribution < -0.4 is 20.1 Å². The van der Waals surface area contributed by atoms with E-state index in [9.17, 15) is 29.1 Å². The first kappa shape index (κ1) is 27.0. The Kier molecular flexibility index (Phi) is 7.36. The minimum atomic E-state index is -1.15. The summed E-state index contributed by atoms with van der Waals surface area (Å²) < 4.78 is 9.55. The van der Waals surface area contributed by atoms with Gasteiger partial charge in [-0.3, -0.25) is 19.2 Å². The van der Waals surface area contributed by atoms with E-state index in [2.05, 4.69) is 10.6 Å². The van der Waals surface area contributed by atoms with Gasteiger partial charge in [-0.05, 0) is 37.6 Å². The summed E-state index contributed by atoms with van der Waals surface area (Å²) in [6.45, 7) is 4.73. The molecule has 2 fully saturated rings. The number of fused-ring (bicyclic) bond motifs is 1. The molecule has 3 amide bonds. The smallest absolute Gasteiger partial charge is 0.327 e. The standard InChI is InChI=1S/C26H27N3O8S/c1-13(30)37-16-11-10-15(12-17(16)36-4)21(31)27-18(14-8-6-5-7-9-14)22(32)28-19-23(33)29-20(25(34)35)26(2,3)38-24(19)29/h5-12,18-20,24H,1-4H3,(H,27,31)(H,28,32)(H,34,35)/t18?,19-,20+,24-/m1/s1. The van der Waals surface area contributed by atoms with Gasteiger partial charge in [0.2, 0.25) is 11.8 Å². The van der Waals surface area contributed by atoms with E-state index in [1.54, 1.807) is 44.2 Å². The molecular formula is C26H27N3O8S. The first-order valence-corrected chi connectivity index (χ1v) is 12.6. The second kappa shape index (κ2) is 10.4.